The number of para-hydroxylation sites is 1. The van der Waals surface area contributed by atoms with Crippen molar-refractivity contribution in [1.82, 2.24) is 14.5 Å². The maximum absolute atomic E-state index is 13.8. The first-order valence-corrected chi connectivity index (χ1v) is 11.7. The number of benzene rings is 3. The summed E-state index contributed by atoms with van der Waals surface area (Å²) < 4.78 is 7.25. The van der Waals surface area contributed by atoms with E-state index in [1.807, 2.05) is 60.7 Å². The molecule has 1 saturated heterocycles. The van der Waals surface area contributed by atoms with E-state index in [1.165, 1.54) is 0 Å². The molecule has 0 unspecified atom stereocenters. The van der Waals surface area contributed by atoms with Gasteiger partial charge in [-0.25, -0.2) is 4.98 Å². The second-order valence-electron chi connectivity index (χ2n) is 8.47. The predicted octanol–water partition coefficient (Wildman–Crippen LogP) is 5.08. The molecule has 5 aromatic rings. The van der Waals surface area contributed by atoms with Crippen molar-refractivity contribution in [2.24, 2.45) is 0 Å². The Labute approximate surface area is 201 Å². The van der Waals surface area contributed by atoms with Gasteiger partial charge in [-0.2, -0.15) is 0 Å². The molecule has 0 saturated carbocycles. The number of anilines is 1. The van der Waals surface area contributed by atoms with Gasteiger partial charge in [0, 0.05) is 24.2 Å². The molecule has 1 fully saturated rings. The van der Waals surface area contributed by atoms with Gasteiger partial charge in [0.2, 0.25) is 0 Å². The lowest BCUT2D eigenvalue weighted by atomic mass is 10.1. The third kappa shape index (κ3) is 3.65. The molecule has 0 radical (unpaired) electrons. The Morgan fingerprint density at radius 1 is 0.971 bits per heavy atom. The number of aromatic nitrogens is 3. The van der Waals surface area contributed by atoms with Crippen LogP contribution in [0.1, 0.15) is 5.56 Å². The Morgan fingerprint density at radius 2 is 1.74 bits per heavy atom. The number of nitrogens with zero attached hydrogens (tertiary/aromatic N) is 3. The number of imidazole rings is 1. The number of morpholine rings is 1. The lowest BCUT2D eigenvalue weighted by Gasteiger charge is -2.28. The third-order valence-corrected chi connectivity index (χ3v) is 6.76. The first-order chi connectivity index (χ1) is 16.7. The highest BCUT2D eigenvalue weighted by atomic mass is 35.5. The Kier molecular flexibility index (Phi) is 5.32. The van der Waals surface area contributed by atoms with E-state index < -0.39 is 0 Å². The van der Waals surface area contributed by atoms with E-state index in [0.29, 0.717) is 23.0 Å². The van der Waals surface area contributed by atoms with Crippen LogP contribution >= 0.6 is 11.6 Å². The molecule has 3 aromatic carbocycles. The molecule has 2 aromatic heterocycles. The minimum Gasteiger partial charge on any atom is -0.378 e. The Hall–Kier alpha value is -3.61. The number of H-pyrrole nitrogens is 1. The van der Waals surface area contributed by atoms with Gasteiger partial charge in [-0.15, -0.1) is 0 Å². The Morgan fingerprint density at radius 3 is 2.56 bits per heavy atom. The van der Waals surface area contributed by atoms with Gasteiger partial charge in [0.25, 0.3) is 5.56 Å². The van der Waals surface area contributed by atoms with E-state index >= 15 is 0 Å². The smallest absolute Gasteiger partial charge is 0.263 e. The van der Waals surface area contributed by atoms with E-state index in [0.717, 1.165) is 59.5 Å². The number of halogens is 1. The van der Waals surface area contributed by atoms with Gasteiger partial charge in [0.05, 0.1) is 41.3 Å². The van der Waals surface area contributed by atoms with E-state index in [4.69, 9.17) is 21.3 Å². The van der Waals surface area contributed by atoms with Crippen LogP contribution in [-0.4, -0.2) is 40.8 Å². The van der Waals surface area contributed by atoms with Crippen LogP contribution in [0.15, 0.2) is 77.6 Å². The predicted molar refractivity (Wildman–Crippen MR) is 137 cm³/mol. The van der Waals surface area contributed by atoms with Crippen molar-refractivity contribution < 1.29 is 4.74 Å². The summed E-state index contributed by atoms with van der Waals surface area (Å²) in [7, 11) is 0. The molecule has 0 amide bonds. The largest absolute Gasteiger partial charge is 0.378 e. The van der Waals surface area contributed by atoms with Crippen LogP contribution in [0.3, 0.4) is 0 Å². The fraction of sp³-hybridized carbons (Fsp3) is 0.185. The SMILES string of the molecule is O=c1c(-c2nc3ccc(N4CCOCC4)cc3[nH]2)c(Cl)c2ccccc2n1Cc1ccccc1. The van der Waals surface area contributed by atoms with Crippen molar-refractivity contribution in [2.45, 2.75) is 6.54 Å². The zero-order valence-corrected chi connectivity index (χ0v) is 19.3. The molecule has 0 spiro atoms. The highest BCUT2D eigenvalue weighted by Crippen LogP contribution is 2.32. The van der Waals surface area contributed by atoms with Crippen LogP contribution in [0.25, 0.3) is 33.3 Å². The van der Waals surface area contributed by atoms with Gasteiger partial charge in [-0.1, -0.05) is 60.1 Å². The van der Waals surface area contributed by atoms with Gasteiger partial charge in [-0.3, -0.25) is 4.79 Å². The normalized spacial score (nSPS) is 14.2. The quantitative estimate of drug-likeness (QED) is 0.397. The van der Waals surface area contributed by atoms with Crippen molar-refractivity contribution >= 4 is 39.2 Å². The number of aromatic amines is 1. The van der Waals surface area contributed by atoms with Crippen LogP contribution in [0.5, 0.6) is 0 Å². The summed E-state index contributed by atoms with van der Waals surface area (Å²) in [5.74, 6) is 0.483. The maximum Gasteiger partial charge on any atom is 0.263 e. The van der Waals surface area contributed by atoms with Gasteiger partial charge >= 0.3 is 0 Å². The summed E-state index contributed by atoms with van der Waals surface area (Å²) in [4.78, 5) is 24.2. The molecule has 1 aliphatic heterocycles. The van der Waals surface area contributed by atoms with Gasteiger partial charge < -0.3 is 19.2 Å². The van der Waals surface area contributed by atoms with Gasteiger partial charge in [0.1, 0.15) is 11.4 Å². The molecule has 0 bridgehead atoms. The summed E-state index contributed by atoms with van der Waals surface area (Å²) >= 11 is 6.84. The van der Waals surface area contributed by atoms with Gasteiger partial charge in [-0.05, 0) is 29.8 Å². The van der Waals surface area contributed by atoms with E-state index in [9.17, 15) is 4.79 Å². The average Bonchev–Trinajstić information content (AvgIpc) is 3.30. The van der Waals surface area contributed by atoms with Crippen molar-refractivity contribution in [3.8, 4) is 11.4 Å². The van der Waals surface area contributed by atoms with Crippen LogP contribution in [0.2, 0.25) is 5.02 Å². The topological polar surface area (TPSA) is 63.2 Å². The van der Waals surface area contributed by atoms with Crippen LogP contribution in [-0.2, 0) is 11.3 Å². The minimum atomic E-state index is -0.167. The van der Waals surface area contributed by atoms with Crippen LogP contribution < -0.4 is 10.5 Å². The summed E-state index contributed by atoms with van der Waals surface area (Å²) in [5.41, 5.74) is 4.85. The molecular weight excluding hydrogens is 448 g/mol. The summed E-state index contributed by atoms with van der Waals surface area (Å²) in [6.45, 7) is 3.60. The maximum atomic E-state index is 13.8. The first kappa shape index (κ1) is 21.0. The number of hydrogen-bond donors (Lipinski definition) is 1. The van der Waals surface area contributed by atoms with E-state index in [1.54, 1.807) is 4.57 Å². The molecule has 6 nitrogen and oxygen atoms in total. The molecule has 1 aliphatic rings. The Balaban J connectivity index is 1.50. The van der Waals surface area contributed by atoms with Crippen molar-refractivity contribution in [3.05, 3.63) is 93.7 Å². The molecule has 7 heteroatoms. The number of rotatable bonds is 4. The zero-order valence-electron chi connectivity index (χ0n) is 18.5. The molecule has 6 rings (SSSR count). The lowest BCUT2D eigenvalue weighted by molar-refractivity contribution is 0.122. The number of fused-ring (bicyclic) bond motifs is 2. The average molecular weight is 471 g/mol. The molecule has 0 atom stereocenters. The summed E-state index contributed by atoms with van der Waals surface area (Å²) in [5, 5.41) is 1.24. The van der Waals surface area contributed by atoms with Crippen molar-refractivity contribution in [3.63, 3.8) is 0 Å². The number of hydrogen-bond acceptors (Lipinski definition) is 4. The molecule has 3 heterocycles. The van der Waals surface area contributed by atoms with Crippen LogP contribution in [0.4, 0.5) is 5.69 Å². The highest BCUT2D eigenvalue weighted by Gasteiger charge is 2.20. The Bertz CT molecular complexity index is 1550. The molecule has 1 N–H and O–H groups in total. The third-order valence-electron chi connectivity index (χ3n) is 6.37. The fourth-order valence-electron chi connectivity index (χ4n) is 4.63. The fourth-order valence-corrected chi connectivity index (χ4v) is 4.96. The highest BCUT2D eigenvalue weighted by molar-refractivity contribution is 6.38. The first-order valence-electron chi connectivity index (χ1n) is 11.4. The molecule has 34 heavy (non-hydrogen) atoms. The molecule has 0 aliphatic carbocycles. The van der Waals surface area contributed by atoms with E-state index in [2.05, 4.69) is 22.0 Å². The standard InChI is InChI=1S/C27H23ClN4O2/c28-25-20-8-4-5-9-23(20)32(17-18-6-2-1-3-7-18)27(33)24(25)26-29-21-11-10-19(16-22(21)30-26)31-12-14-34-15-13-31/h1-11,16H,12-15,17H2,(H,29,30). The summed E-state index contributed by atoms with van der Waals surface area (Å²) in [6, 6.07) is 23.8. The monoisotopic (exact) mass is 470 g/mol. The van der Waals surface area contributed by atoms with Crippen molar-refractivity contribution in [2.75, 3.05) is 31.2 Å². The number of nitrogens with one attached hydrogen (secondary N) is 1. The number of ether oxygens (including phenoxy) is 1. The summed E-state index contributed by atoms with van der Waals surface area (Å²) in [6.07, 6.45) is 0. The zero-order chi connectivity index (χ0) is 23.1. The van der Waals surface area contributed by atoms with Crippen LogP contribution in [0, 0.1) is 0 Å². The number of pyridine rings is 1. The minimum absolute atomic E-state index is 0.167. The molecular formula is C27H23ClN4O2. The van der Waals surface area contributed by atoms with E-state index in [-0.39, 0.29) is 5.56 Å². The second kappa shape index (κ2) is 8.63. The second-order valence-corrected chi connectivity index (χ2v) is 8.85. The lowest BCUT2D eigenvalue weighted by Crippen LogP contribution is -2.36. The van der Waals surface area contributed by atoms with Crippen molar-refractivity contribution in [1.29, 1.82) is 0 Å². The van der Waals surface area contributed by atoms with Gasteiger partial charge in [0.15, 0.2) is 0 Å². The molecule has 170 valence electrons.